The lowest BCUT2D eigenvalue weighted by Crippen LogP contribution is -2.56. The number of hydrogen-bond acceptors (Lipinski definition) is 5. The quantitative estimate of drug-likeness (QED) is 0.775. The van der Waals surface area contributed by atoms with E-state index in [0.717, 1.165) is 17.9 Å². The van der Waals surface area contributed by atoms with E-state index in [1.54, 1.807) is 0 Å². The average Bonchev–Trinajstić information content (AvgIpc) is 2.54. The van der Waals surface area contributed by atoms with E-state index in [2.05, 4.69) is 10.2 Å². The van der Waals surface area contributed by atoms with Crippen molar-refractivity contribution in [1.82, 2.24) is 10.2 Å². The summed E-state index contributed by atoms with van der Waals surface area (Å²) < 4.78 is 11.1. The zero-order chi connectivity index (χ0) is 16.7. The molecule has 6 nitrogen and oxygen atoms in total. The molecule has 0 saturated carbocycles. The highest BCUT2D eigenvalue weighted by atomic mass is 16.5. The van der Waals surface area contributed by atoms with Gasteiger partial charge in [0.2, 0.25) is 5.91 Å². The SMILES string of the molecule is CN(C)CCOc1ccccc1CNC(=O)C1(N)CCOCC1. The molecular weight excluding hydrogens is 294 g/mol. The zero-order valence-electron chi connectivity index (χ0n) is 14.0. The van der Waals surface area contributed by atoms with Gasteiger partial charge in [-0.3, -0.25) is 4.79 Å². The maximum absolute atomic E-state index is 12.4. The molecule has 0 unspecified atom stereocenters. The Morgan fingerprint density at radius 1 is 1.35 bits per heavy atom. The maximum atomic E-state index is 12.4. The second-order valence-electron chi connectivity index (χ2n) is 6.21. The van der Waals surface area contributed by atoms with Gasteiger partial charge in [0.1, 0.15) is 12.4 Å². The van der Waals surface area contributed by atoms with Gasteiger partial charge < -0.3 is 25.4 Å². The molecule has 1 amide bonds. The van der Waals surface area contributed by atoms with Gasteiger partial charge in [-0.1, -0.05) is 18.2 Å². The maximum Gasteiger partial charge on any atom is 0.240 e. The summed E-state index contributed by atoms with van der Waals surface area (Å²) in [6.07, 6.45) is 1.11. The molecule has 0 aliphatic carbocycles. The first kappa shape index (κ1) is 17.7. The van der Waals surface area contributed by atoms with E-state index in [0.29, 0.717) is 39.2 Å². The van der Waals surface area contributed by atoms with Crippen molar-refractivity contribution in [2.24, 2.45) is 5.73 Å². The number of carbonyl (C=O) groups is 1. The van der Waals surface area contributed by atoms with E-state index < -0.39 is 5.54 Å². The molecule has 0 atom stereocenters. The van der Waals surface area contributed by atoms with E-state index in [1.807, 2.05) is 38.4 Å². The molecule has 6 heteroatoms. The molecule has 1 heterocycles. The first-order chi connectivity index (χ1) is 11.0. The van der Waals surface area contributed by atoms with Crippen LogP contribution in [0.2, 0.25) is 0 Å². The lowest BCUT2D eigenvalue weighted by Gasteiger charge is -2.31. The molecular formula is C17H27N3O3. The number of likely N-dealkylation sites (N-methyl/N-ethyl adjacent to an activating group) is 1. The molecule has 1 aliphatic rings. The summed E-state index contributed by atoms with van der Waals surface area (Å²) >= 11 is 0. The standard InChI is InChI=1S/C17H27N3O3/c1-20(2)9-12-23-15-6-4-3-5-14(15)13-19-16(21)17(18)7-10-22-11-8-17/h3-6H,7-13,18H2,1-2H3,(H,19,21). The molecule has 3 N–H and O–H groups in total. The van der Waals surface area contributed by atoms with Crippen LogP contribution in [0.15, 0.2) is 24.3 Å². The minimum Gasteiger partial charge on any atom is -0.492 e. The number of rotatable bonds is 7. The first-order valence-corrected chi connectivity index (χ1v) is 8.02. The molecule has 128 valence electrons. The number of amides is 1. The minimum atomic E-state index is -0.820. The van der Waals surface area contributed by atoms with Crippen LogP contribution < -0.4 is 15.8 Å². The van der Waals surface area contributed by atoms with Gasteiger partial charge in [-0.2, -0.15) is 0 Å². The van der Waals surface area contributed by atoms with Crippen LogP contribution in [0.5, 0.6) is 5.75 Å². The van der Waals surface area contributed by atoms with Crippen LogP contribution in [-0.4, -0.2) is 56.8 Å². The van der Waals surface area contributed by atoms with Crippen molar-refractivity contribution in [3.8, 4) is 5.75 Å². The third kappa shape index (κ3) is 5.20. The first-order valence-electron chi connectivity index (χ1n) is 8.02. The molecule has 1 aliphatic heterocycles. The largest absolute Gasteiger partial charge is 0.492 e. The van der Waals surface area contributed by atoms with Gasteiger partial charge in [0.15, 0.2) is 0 Å². The Balaban J connectivity index is 1.90. The highest BCUT2D eigenvalue weighted by Gasteiger charge is 2.35. The van der Waals surface area contributed by atoms with Gasteiger partial charge in [0.25, 0.3) is 0 Å². The van der Waals surface area contributed by atoms with Crippen LogP contribution >= 0.6 is 0 Å². The number of nitrogens with two attached hydrogens (primary N) is 1. The van der Waals surface area contributed by atoms with Crippen molar-refractivity contribution in [2.45, 2.75) is 24.9 Å². The Morgan fingerprint density at radius 2 is 2.04 bits per heavy atom. The van der Waals surface area contributed by atoms with Crippen LogP contribution in [0.4, 0.5) is 0 Å². The molecule has 1 saturated heterocycles. The van der Waals surface area contributed by atoms with Gasteiger partial charge in [0.05, 0.1) is 5.54 Å². The van der Waals surface area contributed by atoms with Crippen LogP contribution in [0.1, 0.15) is 18.4 Å². The number of para-hydroxylation sites is 1. The molecule has 0 radical (unpaired) electrons. The van der Waals surface area contributed by atoms with Crippen molar-refractivity contribution in [2.75, 3.05) is 40.5 Å². The van der Waals surface area contributed by atoms with Crippen LogP contribution in [-0.2, 0) is 16.1 Å². The van der Waals surface area contributed by atoms with Gasteiger partial charge in [0, 0.05) is 31.9 Å². The monoisotopic (exact) mass is 321 g/mol. The van der Waals surface area contributed by atoms with Crippen molar-refractivity contribution in [3.05, 3.63) is 29.8 Å². The van der Waals surface area contributed by atoms with Crippen molar-refractivity contribution < 1.29 is 14.3 Å². The fourth-order valence-corrected chi connectivity index (χ4v) is 2.44. The Labute approximate surface area is 137 Å². The average molecular weight is 321 g/mol. The topological polar surface area (TPSA) is 76.8 Å². The smallest absolute Gasteiger partial charge is 0.240 e. The summed E-state index contributed by atoms with van der Waals surface area (Å²) in [7, 11) is 4.01. The highest BCUT2D eigenvalue weighted by molar-refractivity contribution is 5.86. The summed E-state index contributed by atoms with van der Waals surface area (Å²) in [6.45, 7) is 2.93. The van der Waals surface area contributed by atoms with Gasteiger partial charge in [-0.25, -0.2) is 0 Å². The number of nitrogens with one attached hydrogen (secondary N) is 1. The zero-order valence-corrected chi connectivity index (χ0v) is 14.0. The second kappa shape index (κ2) is 8.29. The van der Waals surface area contributed by atoms with Gasteiger partial charge >= 0.3 is 0 Å². The molecule has 0 aromatic heterocycles. The molecule has 0 bridgehead atoms. The summed E-state index contributed by atoms with van der Waals surface area (Å²) in [6, 6.07) is 7.74. The number of carbonyl (C=O) groups excluding carboxylic acids is 1. The fraction of sp³-hybridized carbons (Fsp3) is 0.588. The number of benzene rings is 1. The van der Waals surface area contributed by atoms with Crippen molar-refractivity contribution in [1.29, 1.82) is 0 Å². The summed E-state index contributed by atoms with van der Waals surface area (Å²) in [5.74, 6) is 0.677. The molecule has 23 heavy (non-hydrogen) atoms. The number of hydrogen-bond donors (Lipinski definition) is 2. The summed E-state index contributed by atoms with van der Waals surface area (Å²) in [5, 5.41) is 2.94. The van der Waals surface area contributed by atoms with E-state index in [1.165, 1.54) is 0 Å². The number of nitrogens with zero attached hydrogens (tertiary/aromatic N) is 1. The van der Waals surface area contributed by atoms with Crippen molar-refractivity contribution >= 4 is 5.91 Å². The second-order valence-corrected chi connectivity index (χ2v) is 6.21. The third-order valence-corrected chi connectivity index (χ3v) is 4.05. The van der Waals surface area contributed by atoms with Gasteiger partial charge in [-0.05, 0) is 33.0 Å². The van der Waals surface area contributed by atoms with E-state index in [9.17, 15) is 4.79 Å². The predicted molar refractivity (Wildman–Crippen MR) is 89.3 cm³/mol. The predicted octanol–water partition coefficient (Wildman–Crippen LogP) is 0.751. The normalized spacial score (nSPS) is 17.0. The van der Waals surface area contributed by atoms with E-state index in [-0.39, 0.29) is 5.91 Å². The lowest BCUT2D eigenvalue weighted by molar-refractivity contribution is -0.129. The number of ether oxygens (including phenoxy) is 2. The van der Waals surface area contributed by atoms with E-state index in [4.69, 9.17) is 15.2 Å². The molecule has 2 rings (SSSR count). The van der Waals surface area contributed by atoms with Crippen LogP contribution in [0, 0.1) is 0 Å². The Hall–Kier alpha value is -1.63. The molecule has 1 aromatic carbocycles. The molecule has 0 spiro atoms. The van der Waals surface area contributed by atoms with Crippen LogP contribution in [0.25, 0.3) is 0 Å². The Morgan fingerprint density at radius 3 is 2.74 bits per heavy atom. The summed E-state index contributed by atoms with van der Waals surface area (Å²) in [4.78, 5) is 14.4. The Kier molecular flexibility index (Phi) is 6.38. The van der Waals surface area contributed by atoms with Crippen molar-refractivity contribution in [3.63, 3.8) is 0 Å². The third-order valence-electron chi connectivity index (χ3n) is 4.05. The minimum absolute atomic E-state index is 0.121. The van der Waals surface area contributed by atoms with E-state index >= 15 is 0 Å². The van der Waals surface area contributed by atoms with Crippen LogP contribution in [0.3, 0.4) is 0 Å². The molecule has 1 aromatic rings. The fourth-order valence-electron chi connectivity index (χ4n) is 2.44. The van der Waals surface area contributed by atoms with Gasteiger partial charge in [-0.15, -0.1) is 0 Å². The lowest BCUT2D eigenvalue weighted by atomic mass is 9.90. The Bertz CT molecular complexity index is 514. The summed E-state index contributed by atoms with van der Waals surface area (Å²) in [5.41, 5.74) is 6.32. The highest BCUT2D eigenvalue weighted by Crippen LogP contribution is 2.20. The molecule has 1 fully saturated rings.